The third-order valence-electron chi connectivity index (χ3n) is 6.92. The fraction of sp³-hybridized carbons (Fsp3) is 1.00. The minimum atomic E-state index is 0.604. The van der Waals surface area contributed by atoms with Gasteiger partial charge in [0, 0.05) is 13.1 Å². The van der Waals surface area contributed by atoms with Gasteiger partial charge in [-0.15, -0.1) is 0 Å². The molecule has 216 valence electrons. The highest BCUT2D eigenvalue weighted by Crippen LogP contribution is 2.13. The average Bonchev–Trinajstić information content (AvgIpc) is 2.89. The molecule has 1 aliphatic heterocycles. The first-order chi connectivity index (χ1) is 17.9. The van der Waals surface area contributed by atoms with Gasteiger partial charge in [-0.25, -0.2) is 0 Å². The second kappa shape index (κ2) is 29.3. The summed E-state index contributed by atoms with van der Waals surface area (Å²) >= 11 is 0. The minimum Gasteiger partial charge on any atom is -0.378 e. The molecule has 1 fully saturated rings. The number of ether oxygens (including phenoxy) is 5. The van der Waals surface area contributed by atoms with Crippen molar-refractivity contribution < 1.29 is 23.7 Å². The van der Waals surface area contributed by atoms with Crippen LogP contribution in [0.5, 0.6) is 0 Å². The summed E-state index contributed by atoms with van der Waals surface area (Å²) in [4.78, 5) is 2.49. The number of nitrogens with zero attached hydrogens (tertiary/aromatic N) is 1. The lowest BCUT2D eigenvalue weighted by Crippen LogP contribution is -2.32. The molecule has 0 aliphatic carbocycles. The summed E-state index contributed by atoms with van der Waals surface area (Å²) in [5, 5.41) is 0. The first-order valence-corrected chi connectivity index (χ1v) is 15.5. The van der Waals surface area contributed by atoms with Crippen LogP contribution < -0.4 is 0 Å². The standard InChI is InChI=1S/C30H61NO5/c1-2-3-4-5-6-7-8-9-10-11-12-13-14-15-16-17-18-31-19-21-32-23-25-34-27-29-36-30-28-35-26-24-33-22-20-31/h2-30H2,1H3. The van der Waals surface area contributed by atoms with Gasteiger partial charge >= 0.3 is 0 Å². The molecule has 0 aromatic carbocycles. The summed E-state index contributed by atoms with van der Waals surface area (Å²) in [6.45, 7) is 11.8. The van der Waals surface area contributed by atoms with Crippen LogP contribution in [0.4, 0.5) is 0 Å². The van der Waals surface area contributed by atoms with E-state index in [1.165, 1.54) is 103 Å². The molecular weight excluding hydrogens is 454 g/mol. The third kappa shape index (κ3) is 25.4. The molecule has 0 spiro atoms. The zero-order chi connectivity index (χ0) is 25.6. The van der Waals surface area contributed by atoms with Gasteiger partial charge in [0.25, 0.3) is 0 Å². The lowest BCUT2D eigenvalue weighted by molar-refractivity contribution is -0.0186. The monoisotopic (exact) mass is 515 g/mol. The van der Waals surface area contributed by atoms with Gasteiger partial charge in [-0.2, -0.15) is 0 Å². The molecule has 0 saturated carbocycles. The van der Waals surface area contributed by atoms with Crippen LogP contribution in [-0.4, -0.2) is 90.6 Å². The van der Waals surface area contributed by atoms with Crippen LogP contribution in [-0.2, 0) is 23.7 Å². The quantitative estimate of drug-likeness (QED) is 0.202. The molecule has 0 amide bonds. The maximum absolute atomic E-state index is 5.77. The normalized spacial score (nSPS) is 18.6. The summed E-state index contributed by atoms with van der Waals surface area (Å²) in [6, 6.07) is 0. The van der Waals surface area contributed by atoms with Crippen LogP contribution in [0, 0.1) is 0 Å². The van der Waals surface area contributed by atoms with Crippen LogP contribution in [0.25, 0.3) is 0 Å². The second-order valence-corrected chi connectivity index (χ2v) is 10.2. The Morgan fingerprint density at radius 3 is 0.972 bits per heavy atom. The summed E-state index contributed by atoms with van der Waals surface area (Å²) < 4.78 is 28.1. The highest BCUT2D eigenvalue weighted by Gasteiger charge is 2.06. The Morgan fingerprint density at radius 1 is 0.361 bits per heavy atom. The molecule has 0 bridgehead atoms. The maximum Gasteiger partial charge on any atom is 0.0701 e. The zero-order valence-corrected chi connectivity index (χ0v) is 24.0. The summed E-state index contributed by atoms with van der Waals surface area (Å²) in [5.41, 5.74) is 0. The first kappa shape index (κ1) is 33.8. The van der Waals surface area contributed by atoms with Crippen molar-refractivity contribution >= 4 is 0 Å². The van der Waals surface area contributed by atoms with Crippen LogP contribution >= 0.6 is 0 Å². The molecule has 0 atom stereocenters. The molecule has 1 rings (SSSR count). The molecule has 0 unspecified atom stereocenters. The molecule has 1 heterocycles. The van der Waals surface area contributed by atoms with E-state index in [1.54, 1.807) is 0 Å². The van der Waals surface area contributed by atoms with E-state index in [-0.39, 0.29) is 0 Å². The van der Waals surface area contributed by atoms with Gasteiger partial charge in [0.1, 0.15) is 0 Å². The van der Waals surface area contributed by atoms with E-state index in [1.807, 2.05) is 0 Å². The highest BCUT2D eigenvalue weighted by atomic mass is 16.6. The average molecular weight is 516 g/mol. The topological polar surface area (TPSA) is 49.4 Å². The third-order valence-corrected chi connectivity index (χ3v) is 6.92. The Morgan fingerprint density at radius 2 is 0.639 bits per heavy atom. The molecule has 0 radical (unpaired) electrons. The van der Waals surface area contributed by atoms with E-state index in [2.05, 4.69) is 11.8 Å². The van der Waals surface area contributed by atoms with E-state index in [0.717, 1.165) is 32.8 Å². The van der Waals surface area contributed by atoms with E-state index in [4.69, 9.17) is 23.7 Å². The first-order valence-electron chi connectivity index (χ1n) is 15.5. The van der Waals surface area contributed by atoms with Crippen LogP contribution in [0.2, 0.25) is 0 Å². The Bertz CT molecular complexity index is 395. The van der Waals surface area contributed by atoms with Crippen LogP contribution in [0.15, 0.2) is 0 Å². The van der Waals surface area contributed by atoms with E-state index < -0.39 is 0 Å². The Balaban J connectivity index is 1.97. The Labute approximate surface area is 224 Å². The maximum atomic E-state index is 5.77. The molecule has 0 aromatic rings. The van der Waals surface area contributed by atoms with Crippen molar-refractivity contribution in [2.24, 2.45) is 0 Å². The number of hydrogen-bond donors (Lipinski definition) is 0. The lowest BCUT2D eigenvalue weighted by atomic mass is 10.0. The predicted molar refractivity (Wildman–Crippen MR) is 150 cm³/mol. The number of unbranched alkanes of at least 4 members (excludes halogenated alkanes) is 15. The largest absolute Gasteiger partial charge is 0.378 e. The van der Waals surface area contributed by atoms with Gasteiger partial charge in [-0.1, -0.05) is 103 Å². The fourth-order valence-corrected chi connectivity index (χ4v) is 4.59. The van der Waals surface area contributed by atoms with Gasteiger partial charge in [0.15, 0.2) is 0 Å². The molecule has 1 aliphatic rings. The van der Waals surface area contributed by atoms with Crippen molar-refractivity contribution in [2.75, 3.05) is 85.7 Å². The Hall–Kier alpha value is -0.240. The second-order valence-electron chi connectivity index (χ2n) is 10.2. The fourth-order valence-electron chi connectivity index (χ4n) is 4.59. The van der Waals surface area contributed by atoms with Crippen molar-refractivity contribution in [1.82, 2.24) is 4.90 Å². The van der Waals surface area contributed by atoms with Crippen molar-refractivity contribution in [3.05, 3.63) is 0 Å². The van der Waals surface area contributed by atoms with E-state index in [9.17, 15) is 0 Å². The lowest BCUT2D eigenvalue weighted by Gasteiger charge is -2.22. The van der Waals surface area contributed by atoms with Crippen LogP contribution in [0.3, 0.4) is 0 Å². The van der Waals surface area contributed by atoms with E-state index >= 15 is 0 Å². The molecular formula is C30H61NO5. The molecule has 36 heavy (non-hydrogen) atoms. The minimum absolute atomic E-state index is 0.604. The molecule has 6 nitrogen and oxygen atoms in total. The summed E-state index contributed by atoms with van der Waals surface area (Å²) in [5.74, 6) is 0. The predicted octanol–water partition coefficient (Wildman–Crippen LogP) is 6.65. The van der Waals surface area contributed by atoms with Crippen LogP contribution in [0.1, 0.15) is 110 Å². The summed E-state index contributed by atoms with van der Waals surface area (Å²) in [7, 11) is 0. The van der Waals surface area contributed by atoms with Gasteiger partial charge in [-0.05, 0) is 13.0 Å². The number of hydrogen-bond acceptors (Lipinski definition) is 6. The molecule has 0 aromatic heterocycles. The van der Waals surface area contributed by atoms with Gasteiger partial charge in [0.2, 0.25) is 0 Å². The molecule has 6 heteroatoms. The van der Waals surface area contributed by atoms with Gasteiger partial charge in [0.05, 0.1) is 66.1 Å². The van der Waals surface area contributed by atoms with Gasteiger partial charge in [-0.3, -0.25) is 4.90 Å². The van der Waals surface area contributed by atoms with Crippen molar-refractivity contribution in [1.29, 1.82) is 0 Å². The summed E-state index contributed by atoms with van der Waals surface area (Å²) in [6.07, 6.45) is 22.6. The Kier molecular flexibility index (Phi) is 27.5. The zero-order valence-electron chi connectivity index (χ0n) is 24.0. The smallest absolute Gasteiger partial charge is 0.0701 e. The SMILES string of the molecule is CCCCCCCCCCCCCCCCCCN1CCOCCOCCOCCOCCOCC1. The van der Waals surface area contributed by atoms with Crippen molar-refractivity contribution in [2.45, 2.75) is 110 Å². The van der Waals surface area contributed by atoms with Gasteiger partial charge < -0.3 is 23.7 Å². The van der Waals surface area contributed by atoms with Crippen molar-refractivity contribution in [3.8, 4) is 0 Å². The van der Waals surface area contributed by atoms with Crippen molar-refractivity contribution in [3.63, 3.8) is 0 Å². The number of rotatable bonds is 17. The molecule has 0 N–H and O–H groups in total. The molecule has 1 saturated heterocycles. The van der Waals surface area contributed by atoms with E-state index in [0.29, 0.717) is 52.9 Å². The highest BCUT2D eigenvalue weighted by molar-refractivity contribution is 4.59.